The summed E-state index contributed by atoms with van der Waals surface area (Å²) in [5.41, 5.74) is 4.37. The van der Waals surface area contributed by atoms with Crippen molar-refractivity contribution in [2.45, 2.75) is 135 Å². The van der Waals surface area contributed by atoms with Gasteiger partial charge >= 0.3 is 29.6 Å². The van der Waals surface area contributed by atoms with E-state index in [0.29, 0.717) is 35.1 Å². The van der Waals surface area contributed by atoms with Crippen LogP contribution in [0.3, 0.4) is 0 Å². The Balaban J connectivity index is -0.0000000400. The number of carboxylic acid groups (broad SMARTS) is 1. The van der Waals surface area contributed by atoms with Crippen LogP contribution in [0.2, 0.25) is 0 Å². The monoisotopic (exact) mass is 677 g/mol. The fourth-order valence-electron chi connectivity index (χ4n) is 3.65. The van der Waals surface area contributed by atoms with Crippen LogP contribution in [0.4, 0.5) is 0 Å². The quantitative estimate of drug-likeness (QED) is 0.108. The van der Waals surface area contributed by atoms with Gasteiger partial charge in [0.15, 0.2) is 12.8 Å². The summed E-state index contributed by atoms with van der Waals surface area (Å²) in [6.07, 6.45) is 0.0197. The Bertz CT molecular complexity index is 611. The average Bonchev–Trinajstić information content (AvgIpc) is 2.53. The van der Waals surface area contributed by atoms with Crippen molar-refractivity contribution >= 4 is 17.8 Å². The Morgan fingerprint density at radius 2 is 1.13 bits per heavy atom. The van der Waals surface area contributed by atoms with Crippen molar-refractivity contribution in [1.82, 2.24) is 5.32 Å². The topological polar surface area (TPSA) is 133 Å². The number of likely N-dealkylation sites (N-methyl/N-ethyl adjacent to an activating group) is 2. The van der Waals surface area contributed by atoms with Gasteiger partial charge in [-0.15, -0.1) is 0 Å². The molecule has 0 spiro atoms. The van der Waals surface area contributed by atoms with Crippen LogP contribution in [0.15, 0.2) is 0 Å². The van der Waals surface area contributed by atoms with Gasteiger partial charge in [-0.3, -0.25) is 9.59 Å². The maximum Gasteiger partial charge on any atom is 1.00 e. The van der Waals surface area contributed by atoms with E-state index in [1.807, 2.05) is 35.2 Å². The number of carbonyl (C=O) groups is 3. The Morgan fingerprint density at radius 3 is 1.40 bits per heavy atom. The smallest absolute Gasteiger partial charge is 0.550 e. The summed E-state index contributed by atoms with van der Waals surface area (Å²) in [5.74, 6) is -3.62. The Labute approximate surface area is 313 Å². The Hall–Kier alpha value is -0.710. The molecule has 3 unspecified atom stereocenters. The van der Waals surface area contributed by atoms with Gasteiger partial charge < -0.3 is 49.9 Å². The minimum atomic E-state index is -1.28. The first-order valence-corrected chi connectivity index (χ1v) is 10.5. The number of carbonyl (C=O) groups excluding carboxylic acids is 3. The summed E-state index contributed by atoms with van der Waals surface area (Å²) in [6, 6.07) is 0. The number of amides is 2. The van der Waals surface area contributed by atoms with Crippen molar-refractivity contribution in [2.24, 2.45) is 23.0 Å². The predicted molar refractivity (Wildman–Crippen MR) is 207 cm³/mol. The molecule has 0 fully saturated rings. The first kappa shape index (κ1) is 104. The molecule has 0 rings (SSSR count). The number of rotatable bonds is 14. The second-order valence-electron chi connectivity index (χ2n) is 10.8. The molecule has 0 aliphatic rings. The number of quaternary nitrogens is 2. The van der Waals surface area contributed by atoms with Crippen LogP contribution in [-0.2, 0) is 14.4 Å². The number of hydrogen-bond acceptors (Lipinski definition) is 5. The van der Waals surface area contributed by atoms with Gasteiger partial charge in [0.25, 0.3) is 0 Å². The molecule has 0 saturated carbocycles. The van der Waals surface area contributed by atoms with Crippen LogP contribution in [0.25, 0.3) is 0 Å². The van der Waals surface area contributed by atoms with E-state index in [9.17, 15) is 24.6 Å². The molecule has 45 heavy (non-hydrogen) atoms. The van der Waals surface area contributed by atoms with Crippen molar-refractivity contribution in [3.63, 3.8) is 0 Å². The molecule has 0 saturated heterocycles. The first-order valence-electron chi connectivity index (χ1n) is 10.5. The molecule has 0 bridgehead atoms. The summed E-state index contributed by atoms with van der Waals surface area (Å²) >= 11 is 0. The molecule has 10 heteroatoms. The van der Waals surface area contributed by atoms with Gasteiger partial charge in [-0.2, -0.15) is 0 Å². The fourth-order valence-corrected chi connectivity index (χ4v) is 3.65. The molecule has 0 aromatic heterocycles. The van der Waals surface area contributed by atoms with E-state index in [4.69, 9.17) is 5.73 Å². The molecule has 288 valence electrons. The van der Waals surface area contributed by atoms with Crippen LogP contribution in [0, 0.1) is 32.1 Å². The molecule has 0 heterocycles. The number of nitrogens with two attached hydrogens (primary N) is 1. The molecule has 2 amide bonds. The number of hydrogen-bond donors (Lipinski definition) is 3. The Morgan fingerprint density at radius 1 is 0.778 bits per heavy atom. The van der Waals surface area contributed by atoms with Crippen molar-refractivity contribution in [3.05, 3.63) is 14.9 Å². The van der Waals surface area contributed by atoms with E-state index < -0.39 is 35.2 Å². The normalized spacial score (nSPS) is 10.6. The van der Waals surface area contributed by atoms with Crippen LogP contribution >= 0.6 is 0 Å². The minimum Gasteiger partial charge on any atom is -0.550 e. The van der Waals surface area contributed by atoms with Crippen molar-refractivity contribution in [1.29, 1.82) is 0 Å². The number of aliphatic hydroxyl groups is 1. The summed E-state index contributed by atoms with van der Waals surface area (Å²) < 4.78 is 1.02. The van der Waals surface area contributed by atoms with Crippen LogP contribution < -0.4 is 45.7 Å². The van der Waals surface area contributed by atoms with Crippen LogP contribution in [-0.4, -0.2) is 93.0 Å². The number of aliphatic hydroxyl groups excluding tert-OH is 1. The summed E-state index contributed by atoms with van der Waals surface area (Å²) in [6.45, 7) is 6.48. The molecule has 4 N–H and O–H groups in total. The van der Waals surface area contributed by atoms with E-state index in [-0.39, 0.29) is 152 Å². The standard InChI is InChI=1S/C21H42N4O5.12CH4.2CH3.Na/c1-9-15(18(22)27)10-16(19(28)29)11-21(2,3)20(30)23-14-25(7,8)13-17(26)12-24(4,5)6;;;;;;;;;;;;;;;/h15-17,26H,9-14H2,1-8H3,(H2-2,22,23,27,28,29,30);12*1H4;2*1H3;/q;;;;;;;;;;;;;2*-1;+1/p+1. The van der Waals surface area contributed by atoms with Gasteiger partial charge in [0.2, 0.25) is 11.8 Å². The van der Waals surface area contributed by atoms with E-state index >= 15 is 0 Å². The Kier molecular flexibility index (Phi) is 99.8. The largest absolute Gasteiger partial charge is 1.00 e. The van der Waals surface area contributed by atoms with Gasteiger partial charge in [0, 0.05) is 23.2 Å². The minimum absolute atomic E-state index is 0. The third-order valence-corrected chi connectivity index (χ3v) is 5.30. The van der Waals surface area contributed by atoms with Gasteiger partial charge in [-0.05, 0) is 19.3 Å². The number of nitrogens with one attached hydrogen (secondary N) is 1. The molecule has 0 aliphatic heterocycles. The van der Waals surface area contributed by atoms with E-state index in [0.717, 1.165) is 0 Å². The molecular formula is C35H97N4NaO5. The van der Waals surface area contributed by atoms with Gasteiger partial charge in [0.1, 0.15) is 13.1 Å². The molecule has 0 aliphatic carbocycles. The van der Waals surface area contributed by atoms with Crippen LogP contribution in [0.5, 0.6) is 0 Å². The van der Waals surface area contributed by atoms with E-state index in [2.05, 4.69) is 5.32 Å². The second kappa shape index (κ2) is 43.3. The van der Waals surface area contributed by atoms with E-state index in [1.165, 1.54) is 0 Å². The van der Waals surface area contributed by atoms with Crippen LogP contribution in [0.1, 0.15) is 129 Å². The third-order valence-electron chi connectivity index (χ3n) is 5.30. The zero-order chi connectivity index (χ0) is 23.9. The summed E-state index contributed by atoms with van der Waals surface area (Å²) in [5, 5.41) is 24.8. The number of nitrogens with zero attached hydrogens (tertiary/aromatic N) is 2. The van der Waals surface area contributed by atoms with Crippen molar-refractivity contribution in [2.75, 3.05) is 55.0 Å². The molecule has 0 radical (unpaired) electrons. The first-order chi connectivity index (χ1) is 13.4. The maximum atomic E-state index is 12.8. The summed E-state index contributed by atoms with van der Waals surface area (Å²) in [4.78, 5) is 35.9. The van der Waals surface area contributed by atoms with Crippen molar-refractivity contribution in [3.8, 4) is 0 Å². The van der Waals surface area contributed by atoms with Gasteiger partial charge in [0.05, 0.1) is 35.2 Å². The molecular weight excluding hydrogens is 579 g/mol. The van der Waals surface area contributed by atoms with Gasteiger partial charge in [-0.1, -0.05) is 110 Å². The molecule has 9 nitrogen and oxygen atoms in total. The summed E-state index contributed by atoms with van der Waals surface area (Å²) in [7, 11) is 9.83. The molecule has 0 aromatic carbocycles. The number of aliphatic carboxylic acids is 1. The second-order valence-corrected chi connectivity index (χ2v) is 10.8. The third kappa shape index (κ3) is 45.5. The molecule has 0 aromatic rings. The number of carboxylic acids is 1. The molecule has 3 atom stereocenters. The zero-order valence-electron chi connectivity index (χ0n) is 23.0. The zero-order valence-corrected chi connectivity index (χ0v) is 25.0. The average molecular weight is 677 g/mol. The maximum absolute atomic E-state index is 12.8. The van der Waals surface area contributed by atoms with Crippen molar-refractivity contribution < 1.29 is 63.1 Å². The SMILES string of the molecule is C.C.C.C.C.C.C.C.C.C.C.C.CCC(CC(CC(C)(C)C(=O)NC[N+](C)(C)CC(O)C[N+](C)(C)C)C(=O)[O-])C(N)=O.[CH3-].[CH3-].[Na+]. The van der Waals surface area contributed by atoms with E-state index in [1.54, 1.807) is 20.8 Å². The number of primary amides is 1. The predicted octanol–water partition coefficient (Wildman–Crippen LogP) is 4.43. The fraction of sp³-hybridized carbons (Fsp3) is 0.857. The van der Waals surface area contributed by atoms with Gasteiger partial charge in [-0.25, -0.2) is 0 Å².